The van der Waals surface area contributed by atoms with Crippen LogP contribution in [-0.2, 0) is 19.0 Å². The molecule has 0 saturated heterocycles. The number of dihydropyridines is 1. The van der Waals surface area contributed by atoms with Crippen LogP contribution in [0.15, 0.2) is 52.3 Å². The van der Waals surface area contributed by atoms with E-state index in [-0.39, 0.29) is 5.57 Å². The highest BCUT2D eigenvalue weighted by molar-refractivity contribution is 5.64. The summed E-state index contributed by atoms with van der Waals surface area (Å²) in [7, 11) is 2.97. The maximum absolute atomic E-state index is 12.9. The summed E-state index contributed by atoms with van der Waals surface area (Å²) in [6.45, 7) is 0.572. The molecule has 1 aliphatic carbocycles. The van der Waals surface area contributed by atoms with E-state index in [0.29, 0.717) is 17.1 Å². The van der Waals surface area contributed by atoms with Gasteiger partial charge in [-0.3, -0.25) is 0 Å². The van der Waals surface area contributed by atoms with Gasteiger partial charge in [-0.2, -0.15) is 8.78 Å². The van der Waals surface area contributed by atoms with E-state index in [1.807, 2.05) is 0 Å². The summed E-state index contributed by atoms with van der Waals surface area (Å²) in [4.78, 5) is 11.1. The van der Waals surface area contributed by atoms with Gasteiger partial charge in [-0.15, -0.1) is 0 Å². The number of nitrogens with one attached hydrogen (secondary N) is 1. The van der Waals surface area contributed by atoms with Gasteiger partial charge in [0.1, 0.15) is 29.5 Å². The van der Waals surface area contributed by atoms with Crippen molar-refractivity contribution in [2.24, 2.45) is 5.92 Å². The van der Waals surface area contributed by atoms with Crippen LogP contribution >= 0.6 is 0 Å². The Morgan fingerprint density at radius 1 is 1.17 bits per heavy atom. The van der Waals surface area contributed by atoms with Crippen molar-refractivity contribution in [3.63, 3.8) is 0 Å². The van der Waals surface area contributed by atoms with Gasteiger partial charge in [-0.25, -0.2) is 4.79 Å². The Balaban J connectivity index is 2.58. The number of carbonyl (C=O) groups excluding carboxylic acids is 1. The first-order valence-corrected chi connectivity index (χ1v) is 7.27. The molecule has 0 radical (unpaired) electrons. The van der Waals surface area contributed by atoms with Crippen LogP contribution in [0.4, 0.5) is 8.78 Å². The third kappa shape index (κ3) is 3.27. The van der Waals surface area contributed by atoms with Crippen molar-refractivity contribution in [3.05, 3.63) is 52.3 Å². The minimum atomic E-state index is -3.04. The van der Waals surface area contributed by atoms with E-state index in [4.69, 9.17) is 9.47 Å². The van der Waals surface area contributed by atoms with Crippen LogP contribution in [0.25, 0.3) is 0 Å². The third-order valence-electron chi connectivity index (χ3n) is 3.92. The molecule has 0 spiro atoms. The molecule has 1 atom stereocenters. The molecular weight excluding hydrogens is 320 g/mol. The van der Waals surface area contributed by atoms with Gasteiger partial charge in [0.05, 0.1) is 31.2 Å². The van der Waals surface area contributed by atoms with Gasteiger partial charge >= 0.3 is 6.61 Å². The second kappa shape index (κ2) is 7.47. The minimum absolute atomic E-state index is 0.00690. The zero-order valence-corrected chi connectivity index (χ0v) is 13.9. The van der Waals surface area contributed by atoms with E-state index in [0.717, 1.165) is 11.4 Å². The molecule has 2 rings (SSSR count). The van der Waals surface area contributed by atoms with Crippen molar-refractivity contribution >= 4 is 5.94 Å². The molecule has 1 aliphatic heterocycles. The van der Waals surface area contributed by atoms with Gasteiger partial charge in [0.15, 0.2) is 0 Å². The van der Waals surface area contributed by atoms with Crippen molar-refractivity contribution in [2.75, 3.05) is 14.2 Å². The molecule has 0 aromatic heterocycles. The van der Waals surface area contributed by atoms with Gasteiger partial charge in [0.2, 0.25) is 0 Å². The fourth-order valence-corrected chi connectivity index (χ4v) is 3.01. The monoisotopic (exact) mass is 339 g/mol. The molecule has 7 heteroatoms. The first-order valence-electron chi connectivity index (χ1n) is 7.27. The highest BCUT2D eigenvalue weighted by Crippen LogP contribution is 2.40. The predicted molar refractivity (Wildman–Crippen MR) is 83.4 cm³/mol. The van der Waals surface area contributed by atoms with E-state index in [9.17, 15) is 13.6 Å². The number of ether oxygens (including phenoxy) is 3. The molecule has 0 bridgehead atoms. The molecule has 1 heterocycles. The van der Waals surface area contributed by atoms with E-state index >= 15 is 0 Å². The number of halogens is 2. The van der Waals surface area contributed by atoms with E-state index < -0.39 is 18.6 Å². The summed E-state index contributed by atoms with van der Waals surface area (Å²) < 4.78 is 41.3. The Morgan fingerprint density at radius 2 is 1.75 bits per heavy atom. The van der Waals surface area contributed by atoms with Crippen LogP contribution < -0.4 is 5.32 Å². The molecule has 1 N–H and O–H groups in total. The lowest BCUT2D eigenvalue weighted by molar-refractivity contribution is -0.144. The summed E-state index contributed by atoms with van der Waals surface area (Å²) in [5.41, 5.74) is 1.87. The molecule has 0 amide bonds. The van der Waals surface area contributed by atoms with Crippen LogP contribution in [-0.4, -0.2) is 32.9 Å². The number of hydrogen-bond acceptors (Lipinski definition) is 5. The highest BCUT2D eigenvalue weighted by Gasteiger charge is 2.39. The average molecular weight is 339 g/mol. The van der Waals surface area contributed by atoms with Gasteiger partial charge < -0.3 is 19.5 Å². The minimum Gasteiger partial charge on any atom is -0.498 e. The quantitative estimate of drug-likeness (QED) is 0.781. The Morgan fingerprint density at radius 3 is 2.21 bits per heavy atom. The topological polar surface area (TPSA) is 56.8 Å². The normalized spacial score (nSPS) is 21.7. The smallest absolute Gasteiger partial charge is 0.346 e. The van der Waals surface area contributed by atoms with Gasteiger partial charge in [0.25, 0.3) is 0 Å². The molecule has 24 heavy (non-hydrogen) atoms. The fourth-order valence-electron chi connectivity index (χ4n) is 3.01. The molecule has 5 nitrogen and oxygen atoms in total. The Kier molecular flexibility index (Phi) is 5.59. The maximum atomic E-state index is 12.9. The summed E-state index contributed by atoms with van der Waals surface area (Å²) in [5.74, 6) is 2.10. The molecule has 0 fully saturated rings. The van der Waals surface area contributed by atoms with Crippen molar-refractivity contribution in [3.8, 4) is 0 Å². The zero-order valence-electron chi connectivity index (χ0n) is 13.9. The first-order chi connectivity index (χ1) is 11.4. The number of alkyl halides is 2. The molecule has 0 saturated carbocycles. The standard InChI is InChI=1S/C17H19F2NO4/c1-9-14(22-3)13(15(23-4)10(2)20-9)12-7-5-6-11(8-21)16(12)24-17(18)19/h5-7,13,16-17,20H,1-4H3. The molecule has 1 unspecified atom stereocenters. The Labute approximate surface area is 139 Å². The summed E-state index contributed by atoms with van der Waals surface area (Å²) in [6.07, 6.45) is 3.39. The lowest BCUT2D eigenvalue weighted by Gasteiger charge is -2.35. The molecule has 0 aromatic rings. The van der Waals surface area contributed by atoms with Gasteiger partial charge in [-0.1, -0.05) is 12.2 Å². The van der Waals surface area contributed by atoms with Crippen LogP contribution in [0, 0.1) is 5.92 Å². The zero-order chi connectivity index (χ0) is 17.9. The Hall–Kier alpha value is -2.37. The van der Waals surface area contributed by atoms with E-state index in [2.05, 4.69) is 10.1 Å². The number of methoxy groups -OCH3 is 2. The first kappa shape index (κ1) is 18.0. The van der Waals surface area contributed by atoms with Crippen LogP contribution in [0.3, 0.4) is 0 Å². The summed E-state index contributed by atoms with van der Waals surface area (Å²) >= 11 is 0. The second-order valence-corrected chi connectivity index (χ2v) is 5.30. The molecule has 2 aliphatic rings. The molecule has 0 aromatic carbocycles. The maximum Gasteiger partial charge on any atom is 0.346 e. The molecule has 130 valence electrons. The number of allylic oxidation sites excluding steroid dienone is 4. The largest absolute Gasteiger partial charge is 0.498 e. The van der Waals surface area contributed by atoms with Crippen LogP contribution in [0.5, 0.6) is 0 Å². The lowest BCUT2D eigenvalue weighted by Crippen LogP contribution is -2.34. The van der Waals surface area contributed by atoms with Gasteiger partial charge in [-0.05, 0) is 25.5 Å². The highest BCUT2D eigenvalue weighted by atomic mass is 19.3. The van der Waals surface area contributed by atoms with Crippen molar-refractivity contribution < 1.29 is 27.8 Å². The van der Waals surface area contributed by atoms with Crippen molar-refractivity contribution in [1.29, 1.82) is 0 Å². The van der Waals surface area contributed by atoms with E-state index in [1.54, 1.807) is 31.9 Å². The SMILES string of the molecule is COC1=C(C)NC(C)=C(OC)C1C1=CC=CC(=C=O)C1OC(F)F. The van der Waals surface area contributed by atoms with Crippen molar-refractivity contribution in [2.45, 2.75) is 26.6 Å². The van der Waals surface area contributed by atoms with Crippen molar-refractivity contribution in [1.82, 2.24) is 5.32 Å². The Bertz CT molecular complexity index is 659. The average Bonchev–Trinajstić information content (AvgIpc) is 2.54. The summed E-state index contributed by atoms with van der Waals surface area (Å²) in [6, 6.07) is 0. The fraction of sp³-hybridized carbons (Fsp3) is 0.412. The number of hydrogen-bond donors (Lipinski definition) is 1. The third-order valence-corrected chi connectivity index (χ3v) is 3.92. The van der Waals surface area contributed by atoms with Gasteiger partial charge in [0, 0.05) is 0 Å². The van der Waals surface area contributed by atoms with Crippen LogP contribution in [0.2, 0.25) is 0 Å². The summed E-state index contributed by atoms with van der Waals surface area (Å²) in [5, 5.41) is 3.12. The second-order valence-electron chi connectivity index (χ2n) is 5.30. The van der Waals surface area contributed by atoms with Crippen LogP contribution in [0.1, 0.15) is 13.8 Å². The number of rotatable bonds is 5. The predicted octanol–water partition coefficient (Wildman–Crippen LogP) is 2.82. The molecular formula is C17H19F2NO4. The lowest BCUT2D eigenvalue weighted by atomic mass is 9.82. The van der Waals surface area contributed by atoms with E-state index in [1.165, 1.54) is 20.3 Å².